The second-order valence-electron chi connectivity index (χ2n) is 10.8. The van der Waals surface area contributed by atoms with Crippen molar-refractivity contribution in [2.75, 3.05) is 64.0 Å². The van der Waals surface area contributed by atoms with Gasteiger partial charge in [-0.3, -0.25) is 14.4 Å². The number of rotatable bonds is 7. The number of anilines is 1. The van der Waals surface area contributed by atoms with Gasteiger partial charge < -0.3 is 19.7 Å². The fraction of sp³-hybridized carbons (Fsp3) is 0.556. The van der Waals surface area contributed by atoms with E-state index in [1.165, 1.54) is 0 Å². The highest BCUT2D eigenvalue weighted by Crippen LogP contribution is 2.28. The zero-order valence-electron chi connectivity index (χ0n) is 22.5. The van der Waals surface area contributed by atoms with Crippen LogP contribution in [0.1, 0.15) is 32.4 Å². The van der Waals surface area contributed by atoms with Gasteiger partial charge in [0.05, 0.1) is 37.4 Å². The SMILES string of the molecule is CCc1nc2ccccc2n1-c1nc(N2CCOCC2)c2nc(CN3CCN(C(C)(C)CO)CC3)[nH]c2n1. The van der Waals surface area contributed by atoms with Crippen LogP contribution in [-0.4, -0.2) is 109 Å². The molecule has 1 aromatic carbocycles. The van der Waals surface area contributed by atoms with Crippen LogP contribution < -0.4 is 4.90 Å². The Morgan fingerprint density at radius 3 is 2.47 bits per heavy atom. The number of nitrogens with one attached hydrogen (secondary N) is 1. The maximum Gasteiger partial charge on any atom is 0.239 e. The van der Waals surface area contributed by atoms with E-state index >= 15 is 0 Å². The summed E-state index contributed by atoms with van der Waals surface area (Å²) < 4.78 is 7.69. The van der Waals surface area contributed by atoms with Gasteiger partial charge in [-0.1, -0.05) is 19.1 Å². The molecule has 11 heteroatoms. The van der Waals surface area contributed by atoms with E-state index in [9.17, 15) is 5.11 Å². The van der Waals surface area contributed by atoms with Gasteiger partial charge in [0.15, 0.2) is 17.0 Å². The van der Waals surface area contributed by atoms with Gasteiger partial charge in [0.1, 0.15) is 11.6 Å². The summed E-state index contributed by atoms with van der Waals surface area (Å²) in [5, 5.41) is 9.74. The molecule has 2 N–H and O–H groups in total. The van der Waals surface area contributed by atoms with Crippen molar-refractivity contribution in [2.45, 2.75) is 39.3 Å². The Kier molecular flexibility index (Phi) is 6.77. The minimum atomic E-state index is -0.195. The molecule has 0 bridgehead atoms. The minimum Gasteiger partial charge on any atom is -0.394 e. The van der Waals surface area contributed by atoms with E-state index < -0.39 is 0 Å². The lowest BCUT2D eigenvalue weighted by Gasteiger charge is -2.43. The number of aliphatic hydroxyl groups excluding tert-OH is 1. The van der Waals surface area contributed by atoms with E-state index in [0.29, 0.717) is 19.2 Å². The van der Waals surface area contributed by atoms with Crippen LogP contribution in [0.2, 0.25) is 0 Å². The summed E-state index contributed by atoms with van der Waals surface area (Å²) in [5.41, 5.74) is 3.29. The fourth-order valence-electron chi connectivity index (χ4n) is 5.45. The van der Waals surface area contributed by atoms with Gasteiger partial charge >= 0.3 is 0 Å². The number of hydrogen-bond acceptors (Lipinski definition) is 9. The standard InChI is InChI=1S/C27H37N9O2/c1-4-22-28-19-7-5-6-8-20(19)36(22)26-31-24-23(25(32-26)34-13-15-38-16-14-34)29-21(30-24)17-33-9-11-35(12-10-33)27(2,3)18-37/h5-8,37H,4,9-18H2,1-3H3,(H,29,30,31,32). The zero-order chi connectivity index (χ0) is 26.3. The van der Waals surface area contributed by atoms with E-state index in [2.05, 4.69) is 51.1 Å². The molecule has 202 valence electrons. The number of aliphatic hydroxyl groups is 1. The van der Waals surface area contributed by atoms with Crippen molar-refractivity contribution in [3.05, 3.63) is 35.9 Å². The first kappa shape index (κ1) is 25.2. The minimum absolute atomic E-state index is 0.161. The average molecular weight is 520 g/mol. The van der Waals surface area contributed by atoms with Crippen molar-refractivity contribution in [3.8, 4) is 5.95 Å². The normalized spacial score (nSPS) is 18.2. The molecule has 0 unspecified atom stereocenters. The number of fused-ring (bicyclic) bond motifs is 2. The molecular formula is C27H37N9O2. The average Bonchev–Trinajstić information content (AvgIpc) is 3.54. The monoisotopic (exact) mass is 519 g/mol. The number of imidazole rings is 2. The van der Waals surface area contributed by atoms with Crippen LogP contribution in [0.3, 0.4) is 0 Å². The number of hydrogen-bond donors (Lipinski definition) is 2. The van der Waals surface area contributed by atoms with Crippen molar-refractivity contribution in [1.82, 2.24) is 39.3 Å². The van der Waals surface area contributed by atoms with Crippen LogP contribution in [0.4, 0.5) is 5.82 Å². The molecule has 0 spiro atoms. The number of nitrogens with zero attached hydrogens (tertiary/aromatic N) is 8. The van der Waals surface area contributed by atoms with Crippen molar-refractivity contribution >= 4 is 28.0 Å². The van der Waals surface area contributed by atoms with Gasteiger partial charge in [-0.15, -0.1) is 0 Å². The van der Waals surface area contributed by atoms with Crippen LogP contribution in [0.15, 0.2) is 24.3 Å². The largest absolute Gasteiger partial charge is 0.394 e. The molecule has 2 aliphatic rings. The Balaban J connectivity index is 1.36. The van der Waals surface area contributed by atoms with Gasteiger partial charge in [-0.25, -0.2) is 9.97 Å². The summed E-state index contributed by atoms with van der Waals surface area (Å²) in [7, 11) is 0. The van der Waals surface area contributed by atoms with Crippen LogP contribution in [-0.2, 0) is 17.7 Å². The summed E-state index contributed by atoms with van der Waals surface area (Å²) >= 11 is 0. The van der Waals surface area contributed by atoms with E-state index in [1.54, 1.807) is 0 Å². The molecule has 0 saturated carbocycles. The fourth-order valence-corrected chi connectivity index (χ4v) is 5.45. The topological polar surface area (TPSA) is 111 Å². The number of ether oxygens (including phenoxy) is 1. The third-order valence-electron chi connectivity index (χ3n) is 7.81. The summed E-state index contributed by atoms with van der Waals surface area (Å²) in [6, 6.07) is 8.13. The molecule has 5 heterocycles. The summed E-state index contributed by atoms with van der Waals surface area (Å²) in [6.07, 6.45) is 0.774. The van der Waals surface area contributed by atoms with Crippen molar-refractivity contribution < 1.29 is 9.84 Å². The summed E-state index contributed by atoms with van der Waals surface area (Å²) in [5.74, 6) is 3.27. The Labute approximate surface area is 222 Å². The Morgan fingerprint density at radius 1 is 0.974 bits per heavy atom. The van der Waals surface area contributed by atoms with Crippen LogP contribution >= 0.6 is 0 Å². The second-order valence-corrected chi connectivity index (χ2v) is 10.8. The van der Waals surface area contributed by atoms with Gasteiger partial charge in [-0.05, 0) is 26.0 Å². The maximum atomic E-state index is 9.74. The van der Waals surface area contributed by atoms with E-state index in [0.717, 1.165) is 91.9 Å². The molecule has 2 saturated heterocycles. The van der Waals surface area contributed by atoms with E-state index in [-0.39, 0.29) is 12.1 Å². The lowest BCUT2D eigenvalue weighted by molar-refractivity contribution is 0.0143. The third-order valence-corrected chi connectivity index (χ3v) is 7.81. The first-order valence-electron chi connectivity index (χ1n) is 13.6. The molecule has 6 rings (SSSR count). The first-order chi connectivity index (χ1) is 18.5. The predicted octanol–water partition coefficient (Wildman–Crippen LogP) is 1.98. The highest BCUT2D eigenvalue weighted by atomic mass is 16.5. The highest BCUT2D eigenvalue weighted by Gasteiger charge is 2.30. The number of aromatic nitrogens is 6. The predicted molar refractivity (Wildman–Crippen MR) is 147 cm³/mol. The zero-order valence-corrected chi connectivity index (χ0v) is 22.5. The number of H-pyrrole nitrogens is 1. The summed E-state index contributed by atoms with van der Waals surface area (Å²) in [4.78, 5) is 30.4. The molecular weight excluding hydrogens is 482 g/mol. The van der Waals surface area contributed by atoms with Gasteiger partial charge in [-0.2, -0.15) is 9.97 Å². The molecule has 11 nitrogen and oxygen atoms in total. The maximum absolute atomic E-state index is 9.74. The Bertz CT molecular complexity index is 1410. The van der Waals surface area contributed by atoms with Crippen LogP contribution in [0.5, 0.6) is 0 Å². The molecule has 0 radical (unpaired) electrons. The van der Waals surface area contributed by atoms with Gasteiger partial charge in [0, 0.05) is 51.2 Å². The molecule has 38 heavy (non-hydrogen) atoms. The quantitative estimate of drug-likeness (QED) is 0.379. The summed E-state index contributed by atoms with van der Waals surface area (Å²) in [6.45, 7) is 13.7. The highest BCUT2D eigenvalue weighted by molar-refractivity contribution is 5.85. The van der Waals surface area contributed by atoms with Crippen molar-refractivity contribution in [2.24, 2.45) is 0 Å². The van der Waals surface area contributed by atoms with Gasteiger partial charge in [0.2, 0.25) is 5.95 Å². The van der Waals surface area contributed by atoms with Crippen LogP contribution in [0.25, 0.3) is 28.1 Å². The third kappa shape index (κ3) is 4.64. The van der Waals surface area contributed by atoms with Crippen molar-refractivity contribution in [3.63, 3.8) is 0 Å². The molecule has 4 aromatic rings. The molecule has 2 aliphatic heterocycles. The molecule has 3 aromatic heterocycles. The van der Waals surface area contributed by atoms with Gasteiger partial charge in [0.25, 0.3) is 0 Å². The van der Waals surface area contributed by atoms with Crippen molar-refractivity contribution in [1.29, 1.82) is 0 Å². The smallest absolute Gasteiger partial charge is 0.239 e. The Hall–Kier alpha value is -3.12. The Morgan fingerprint density at radius 2 is 1.74 bits per heavy atom. The molecule has 0 amide bonds. The number of benzene rings is 1. The van der Waals surface area contributed by atoms with E-state index in [4.69, 9.17) is 24.7 Å². The first-order valence-corrected chi connectivity index (χ1v) is 13.6. The second kappa shape index (κ2) is 10.2. The number of aryl methyl sites for hydroxylation is 1. The number of aromatic amines is 1. The number of morpholine rings is 1. The van der Waals surface area contributed by atoms with Crippen LogP contribution in [0, 0.1) is 0 Å². The van der Waals surface area contributed by atoms with E-state index in [1.807, 2.05) is 18.2 Å². The number of piperazine rings is 1. The molecule has 0 atom stereocenters. The lowest BCUT2D eigenvalue weighted by Crippen LogP contribution is -2.55. The number of para-hydroxylation sites is 2. The lowest BCUT2D eigenvalue weighted by atomic mass is 10.0. The molecule has 0 aliphatic carbocycles. The molecule has 2 fully saturated rings.